The van der Waals surface area contributed by atoms with Crippen LogP contribution in [-0.4, -0.2) is 5.78 Å². The molecule has 0 aromatic carbocycles. The number of unbranched alkanes of at least 4 members (excludes halogenated alkanes) is 1. The Morgan fingerprint density at radius 2 is 2.25 bits per heavy atom. The molecule has 1 rings (SSSR count). The molecule has 0 spiro atoms. The minimum atomic E-state index is 0.0238. The maximum Gasteiger partial charge on any atom is 0.139 e. The van der Waals surface area contributed by atoms with Crippen LogP contribution in [0, 0.1) is 11.3 Å². The summed E-state index contributed by atoms with van der Waals surface area (Å²) in [6.45, 7) is 6.57. The van der Waals surface area contributed by atoms with Crippen molar-refractivity contribution in [3.8, 4) is 0 Å². The molecule has 70 valence electrons. The Hall–Kier alpha value is -0.330. The SMILES string of the molecule is CCCCC1(C)C(=O)CCC1C. The van der Waals surface area contributed by atoms with E-state index in [2.05, 4.69) is 20.8 Å². The van der Waals surface area contributed by atoms with Crippen molar-refractivity contribution in [2.24, 2.45) is 11.3 Å². The van der Waals surface area contributed by atoms with Crippen LogP contribution in [0.4, 0.5) is 0 Å². The summed E-state index contributed by atoms with van der Waals surface area (Å²) in [6.07, 6.45) is 5.44. The zero-order valence-corrected chi connectivity index (χ0v) is 8.52. The van der Waals surface area contributed by atoms with Gasteiger partial charge in [0.25, 0.3) is 0 Å². The summed E-state index contributed by atoms with van der Waals surface area (Å²) >= 11 is 0. The van der Waals surface area contributed by atoms with E-state index < -0.39 is 0 Å². The molecule has 12 heavy (non-hydrogen) atoms. The summed E-state index contributed by atoms with van der Waals surface area (Å²) in [6, 6.07) is 0. The Balaban J connectivity index is 2.59. The molecule has 1 heteroatoms. The zero-order valence-electron chi connectivity index (χ0n) is 8.52. The van der Waals surface area contributed by atoms with E-state index in [4.69, 9.17) is 0 Å². The van der Waals surface area contributed by atoms with Crippen LogP contribution < -0.4 is 0 Å². The predicted octanol–water partition coefficient (Wildman–Crippen LogP) is 3.18. The van der Waals surface area contributed by atoms with Gasteiger partial charge in [0.2, 0.25) is 0 Å². The van der Waals surface area contributed by atoms with Gasteiger partial charge in [-0.05, 0) is 18.8 Å². The molecule has 1 fully saturated rings. The minimum Gasteiger partial charge on any atom is -0.299 e. The molecule has 1 aliphatic rings. The topological polar surface area (TPSA) is 17.1 Å². The van der Waals surface area contributed by atoms with E-state index in [9.17, 15) is 4.79 Å². The molecule has 2 unspecified atom stereocenters. The molecular formula is C11H20O. The Labute approximate surface area is 75.5 Å². The highest BCUT2D eigenvalue weighted by molar-refractivity contribution is 5.86. The number of Topliss-reactive ketones (excluding diaryl/α,β-unsaturated/α-hetero) is 1. The molecule has 0 N–H and O–H groups in total. The average Bonchev–Trinajstić information content (AvgIpc) is 2.30. The predicted molar refractivity (Wildman–Crippen MR) is 51.0 cm³/mol. The lowest BCUT2D eigenvalue weighted by molar-refractivity contribution is -0.126. The van der Waals surface area contributed by atoms with Crippen LogP contribution in [-0.2, 0) is 4.79 Å². The van der Waals surface area contributed by atoms with Crippen molar-refractivity contribution < 1.29 is 4.79 Å². The number of carbonyl (C=O) groups is 1. The molecule has 0 bridgehead atoms. The van der Waals surface area contributed by atoms with Gasteiger partial charge in [0.1, 0.15) is 5.78 Å². The number of hydrogen-bond donors (Lipinski definition) is 0. The van der Waals surface area contributed by atoms with Gasteiger partial charge in [-0.25, -0.2) is 0 Å². The van der Waals surface area contributed by atoms with Crippen LogP contribution in [0.15, 0.2) is 0 Å². The second kappa shape index (κ2) is 3.59. The monoisotopic (exact) mass is 168 g/mol. The van der Waals surface area contributed by atoms with Crippen LogP contribution >= 0.6 is 0 Å². The molecule has 0 heterocycles. The van der Waals surface area contributed by atoms with Crippen molar-refractivity contribution in [3.63, 3.8) is 0 Å². The first kappa shape index (κ1) is 9.76. The summed E-state index contributed by atoms with van der Waals surface area (Å²) in [5, 5.41) is 0. The van der Waals surface area contributed by atoms with Gasteiger partial charge in [0, 0.05) is 11.8 Å². The Kier molecular flexibility index (Phi) is 2.92. The van der Waals surface area contributed by atoms with Crippen LogP contribution in [0.2, 0.25) is 0 Å². The second-order valence-corrected chi connectivity index (χ2v) is 4.38. The lowest BCUT2D eigenvalue weighted by Gasteiger charge is -2.27. The van der Waals surface area contributed by atoms with E-state index in [0.29, 0.717) is 11.7 Å². The molecule has 2 atom stereocenters. The quantitative estimate of drug-likeness (QED) is 0.632. The molecule has 0 aromatic rings. The number of rotatable bonds is 3. The zero-order chi connectivity index (χ0) is 9.19. The van der Waals surface area contributed by atoms with Crippen molar-refractivity contribution in [3.05, 3.63) is 0 Å². The number of ketones is 1. The van der Waals surface area contributed by atoms with Gasteiger partial charge in [-0.1, -0.05) is 33.6 Å². The third-order valence-electron chi connectivity index (χ3n) is 3.58. The average molecular weight is 168 g/mol. The summed E-state index contributed by atoms with van der Waals surface area (Å²) in [5.41, 5.74) is 0.0238. The molecule has 0 amide bonds. The Morgan fingerprint density at radius 1 is 1.58 bits per heavy atom. The van der Waals surface area contributed by atoms with Crippen LogP contribution in [0.5, 0.6) is 0 Å². The fourth-order valence-electron chi connectivity index (χ4n) is 2.16. The summed E-state index contributed by atoms with van der Waals surface area (Å²) in [7, 11) is 0. The first-order chi connectivity index (χ1) is 5.61. The van der Waals surface area contributed by atoms with Crippen molar-refractivity contribution in [2.45, 2.75) is 52.9 Å². The summed E-state index contributed by atoms with van der Waals surface area (Å²) in [4.78, 5) is 11.6. The van der Waals surface area contributed by atoms with Crippen LogP contribution in [0.25, 0.3) is 0 Å². The highest BCUT2D eigenvalue weighted by atomic mass is 16.1. The molecule has 1 aliphatic carbocycles. The fourth-order valence-corrected chi connectivity index (χ4v) is 2.16. The van der Waals surface area contributed by atoms with E-state index in [1.165, 1.54) is 12.8 Å². The Bertz CT molecular complexity index is 174. The van der Waals surface area contributed by atoms with E-state index in [0.717, 1.165) is 19.3 Å². The molecule has 1 nitrogen and oxygen atoms in total. The lowest BCUT2D eigenvalue weighted by Crippen LogP contribution is -2.27. The molecular weight excluding hydrogens is 148 g/mol. The first-order valence-electron chi connectivity index (χ1n) is 5.14. The molecule has 0 aromatic heterocycles. The number of hydrogen-bond acceptors (Lipinski definition) is 1. The van der Waals surface area contributed by atoms with Gasteiger partial charge >= 0.3 is 0 Å². The van der Waals surface area contributed by atoms with Crippen molar-refractivity contribution in [2.75, 3.05) is 0 Å². The summed E-state index contributed by atoms with van der Waals surface area (Å²) < 4.78 is 0. The van der Waals surface area contributed by atoms with Gasteiger partial charge in [-0.15, -0.1) is 0 Å². The third-order valence-corrected chi connectivity index (χ3v) is 3.58. The van der Waals surface area contributed by atoms with Gasteiger partial charge in [-0.2, -0.15) is 0 Å². The van der Waals surface area contributed by atoms with Gasteiger partial charge in [0.15, 0.2) is 0 Å². The van der Waals surface area contributed by atoms with Crippen LogP contribution in [0.1, 0.15) is 52.9 Å². The minimum absolute atomic E-state index is 0.0238. The van der Waals surface area contributed by atoms with E-state index in [1.807, 2.05) is 0 Å². The largest absolute Gasteiger partial charge is 0.299 e. The lowest BCUT2D eigenvalue weighted by atomic mass is 9.76. The van der Waals surface area contributed by atoms with Crippen LogP contribution in [0.3, 0.4) is 0 Å². The van der Waals surface area contributed by atoms with E-state index in [-0.39, 0.29) is 5.41 Å². The van der Waals surface area contributed by atoms with Gasteiger partial charge in [-0.3, -0.25) is 4.79 Å². The van der Waals surface area contributed by atoms with Gasteiger partial charge in [0.05, 0.1) is 0 Å². The first-order valence-corrected chi connectivity index (χ1v) is 5.14. The Morgan fingerprint density at radius 3 is 2.67 bits per heavy atom. The molecule has 1 saturated carbocycles. The second-order valence-electron chi connectivity index (χ2n) is 4.38. The fraction of sp³-hybridized carbons (Fsp3) is 0.909. The normalized spacial score (nSPS) is 35.9. The standard InChI is InChI=1S/C11H20O/c1-4-5-8-11(3)9(2)6-7-10(11)12/h9H,4-8H2,1-3H3. The third kappa shape index (κ3) is 1.55. The highest BCUT2D eigenvalue weighted by Gasteiger charge is 2.42. The maximum absolute atomic E-state index is 11.6. The molecule has 0 saturated heterocycles. The van der Waals surface area contributed by atoms with Crippen molar-refractivity contribution in [1.29, 1.82) is 0 Å². The molecule has 0 aliphatic heterocycles. The van der Waals surface area contributed by atoms with E-state index in [1.54, 1.807) is 0 Å². The van der Waals surface area contributed by atoms with E-state index >= 15 is 0 Å². The molecule has 0 radical (unpaired) electrons. The number of carbonyl (C=O) groups excluding carboxylic acids is 1. The summed E-state index contributed by atoms with van der Waals surface area (Å²) in [5.74, 6) is 1.11. The van der Waals surface area contributed by atoms with Crippen molar-refractivity contribution >= 4 is 5.78 Å². The van der Waals surface area contributed by atoms with Crippen molar-refractivity contribution in [1.82, 2.24) is 0 Å². The van der Waals surface area contributed by atoms with Gasteiger partial charge < -0.3 is 0 Å². The highest BCUT2D eigenvalue weighted by Crippen LogP contribution is 2.43. The smallest absolute Gasteiger partial charge is 0.139 e. The maximum atomic E-state index is 11.6.